The number of nitrogens with zero attached hydrogens (tertiary/aromatic N) is 1. The predicted molar refractivity (Wildman–Crippen MR) is 59.1 cm³/mol. The molecule has 15 heavy (non-hydrogen) atoms. The maximum absolute atomic E-state index is 12.7. The Kier molecular flexibility index (Phi) is 3.36. The van der Waals surface area contributed by atoms with Crippen molar-refractivity contribution < 1.29 is 4.39 Å². The summed E-state index contributed by atoms with van der Waals surface area (Å²) in [7, 11) is 0. The molecule has 1 aromatic carbocycles. The highest BCUT2D eigenvalue weighted by atomic mass is 19.1. The largest absolute Gasteiger partial charge is 0.397 e. The van der Waals surface area contributed by atoms with Gasteiger partial charge in [0.25, 0.3) is 0 Å². The Labute approximate surface area is 87.3 Å². The van der Waals surface area contributed by atoms with Crippen molar-refractivity contribution in [3.63, 3.8) is 0 Å². The molecule has 0 saturated carbocycles. The molecular formula is C11H12FN3. The van der Waals surface area contributed by atoms with E-state index in [1.165, 1.54) is 12.1 Å². The van der Waals surface area contributed by atoms with Gasteiger partial charge in [-0.1, -0.05) is 12.1 Å². The minimum Gasteiger partial charge on any atom is -0.397 e. The van der Waals surface area contributed by atoms with Crippen molar-refractivity contribution in [1.82, 2.24) is 11.1 Å². The van der Waals surface area contributed by atoms with Crippen LogP contribution in [-0.4, -0.2) is 4.98 Å². The lowest BCUT2D eigenvalue weighted by Gasteiger charge is -2.03. The summed E-state index contributed by atoms with van der Waals surface area (Å²) in [6.45, 7) is 0. The summed E-state index contributed by atoms with van der Waals surface area (Å²) in [5.41, 5.74) is 8.10. The Morgan fingerprint density at radius 3 is 2.33 bits per heavy atom. The number of benzene rings is 1. The smallest absolute Gasteiger partial charge is 0.123 e. The Hall–Kier alpha value is -1.94. The van der Waals surface area contributed by atoms with Gasteiger partial charge < -0.3 is 11.9 Å². The van der Waals surface area contributed by atoms with Crippen LogP contribution in [-0.2, 0) is 0 Å². The average Bonchev–Trinajstić information content (AvgIpc) is 2.20. The fraction of sp³-hybridized carbons (Fsp3) is 0. The third-order valence-corrected chi connectivity index (χ3v) is 2.01. The van der Waals surface area contributed by atoms with E-state index in [-0.39, 0.29) is 12.0 Å². The third kappa shape index (κ3) is 2.30. The fourth-order valence-electron chi connectivity index (χ4n) is 1.30. The maximum Gasteiger partial charge on any atom is 0.123 e. The summed E-state index contributed by atoms with van der Waals surface area (Å²) >= 11 is 0. The van der Waals surface area contributed by atoms with E-state index < -0.39 is 0 Å². The number of anilines is 1. The quantitative estimate of drug-likeness (QED) is 0.751. The summed E-state index contributed by atoms with van der Waals surface area (Å²) < 4.78 is 12.7. The monoisotopic (exact) mass is 205 g/mol. The molecule has 5 N–H and O–H groups in total. The second-order valence-corrected chi connectivity index (χ2v) is 2.97. The van der Waals surface area contributed by atoms with Gasteiger partial charge >= 0.3 is 0 Å². The molecule has 0 amide bonds. The van der Waals surface area contributed by atoms with Crippen LogP contribution in [0, 0.1) is 5.82 Å². The van der Waals surface area contributed by atoms with Crippen LogP contribution >= 0.6 is 0 Å². The lowest BCUT2D eigenvalue weighted by Crippen LogP contribution is -1.90. The van der Waals surface area contributed by atoms with Gasteiger partial charge in [0.2, 0.25) is 0 Å². The van der Waals surface area contributed by atoms with Crippen molar-refractivity contribution in [2.75, 3.05) is 5.73 Å². The minimum atomic E-state index is -0.249. The van der Waals surface area contributed by atoms with E-state index in [1.807, 2.05) is 6.07 Å². The minimum absolute atomic E-state index is 0. The van der Waals surface area contributed by atoms with Crippen LogP contribution in [0.2, 0.25) is 0 Å². The fourth-order valence-corrected chi connectivity index (χ4v) is 1.30. The van der Waals surface area contributed by atoms with Crippen molar-refractivity contribution in [3.05, 3.63) is 48.5 Å². The molecule has 2 aromatic rings. The Morgan fingerprint density at radius 2 is 1.73 bits per heavy atom. The Morgan fingerprint density at radius 1 is 1.07 bits per heavy atom. The van der Waals surface area contributed by atoms with Crippen molar-refractivity contribution in [2.45, 2.75) is 0 Å². The van der Waals surface area contributed by atoms with Crippen LogP contribution in [0.3, 0.4) is 0 Å². The van der Waals surface area contributed by atoms with Crippen LogP contribution in [0.25, 0.3) is 11.1 Å². The van der Waals surface area contributed by atoms with E-state index in [0.717, 1.165) is 11.1 Å². The summed E-state index contributed by atoms with van der Waals surface area (Å²) in [4.78, 5) is 3.89. The number of halogens is 1. The molecule has 0 spiro atoms. The number of nitrogen functional groups attached to an aromatic ring is 1. The van der Waals surface area contributed by atoms with Gasteiger partial charge in [0, 0.05) is 11.8 Å². The van der Waals surface area contributed by atoms with Crippen molar-refractivity contribution in [2.24, 2.45) is 0 Å². The Bertz CT molecular complexity index is 440. The lowest BCUT2D eigenvalue weighted by molar-refractivity contribution is 0.628. The van der Waals surface area contributed by atoms with Gasteiger partial charge in [-0.2, -0.15) is 0 Å². The van der Waals surface area contributed by atoms with E-state index in [1.54, 1.807) is 24.5 Å². The normalized spacial score (nSPS) is 9.40. The maximum atomic E-state index is 12.7. The molecule has 0 fully saturated rings. The van der Waals surface area contributed by atoms with Gasteiger partial charge in [-0.15, -0.1) is 0 Å². The first-order chi connectivity index (χ1) is 6.77. The second kappa shape index (κ2) is 4.52. The molecule has 3 nitrogen and oxygen atoms in total. The van der Waals surface area contributed by atoms with E-state index in [9.17, 15) is 4.39 Å². The molecule has 1 aromatic heterocycles. The van der Waals surface area contributed by atoms with E-state index in [4.69, 9.17) is 5.73 Å². The zero-order valence-corrected chi connectivity index (χ0v) is 8.15. The summed E-state index contributed by atoms with van der Waals surface area (Å²) in [6, 6.07) is 8.02. The summed E-state index contributed by atoms with van der Waals surface area (Å²) in [5, 5.41) is 0. The molecule has 4 heteroatoms. The molecule has 0 aliphatic carbocycles. The standard InChI is InChI=1S/C11H9FN2.H3N/c12-9-3-1-8(2-4-9)10-5-6-14-7-11(10)13;/h1-7H,13H2;1H3. The number of aromatic nitrogens is 1. The number of hydrogen-bond acceptors (Lipinski definition) is 3. The van der Waals surface area contributed by atoms with Crippen molar-refractivity contribution in [1.29, 1.82) is 0 Å². The highest BCUT2D eigenvalue weighted by Gasteiger charge is 2.01. The van der Waals surface area contributed by atoms with Gasteiger partial charge in [-0.05, 0) is 23.8 Å². The number of hydrogen-bond donors (Lipinski definition) is 2. The third-order valence-electron chi connectivity index (χ3n) is 2.01. The van der Waals surface area contributed by atoms with E-state index in [2.05, 4.69) is 4.98 Å². The predicted octanol–water partition coefficient (Wildman–Crippen LogP) is 2.63. The van der Waals surface area contributed by atoms with Gasteiger partial charge in [0.15, 0.2) is 0 Å². The molecule has 2 rings (SSSR count). The molecule has 78 valence electrons. The summed E-state index contributed by atoms with van der Waals surface area (Å²) in [5.74, 6) is -0.249. The molecule has 0 saturated heterocycles. The molecule has 0 bridgehead atoms. The molecule has 0 atom stereocenters. The highest BCUT2D eigenvalue weighted by Crippen LogP contribution is 2.24. The zero-order chi connectivity index (χ0) is 9.97. The topological polar surface area (TPSA) is 73.9 Å². The van der Waals surface area contributed by atoms with Crippen LogP contribution in [0.1, 0.15) is 0 Å². The summed E-state index contributed by atoms with van der Waals surface area (Å²) in [6.07, 6.45) is 3.24. The average molecular weight is 205 g/mol. The van der Waals surface area contributed by atoms with Crippen molar-refractivity contribution in [3.8, 4) is 11.1 Å². The van der Waals surface area contributed by atoms with E-state index >= 15 is 0 Å². The first kappa shape index (κ1) is 11.1. The highest BCUT2D eigenvalue weighted by molar-refractivity contribution is 5.75. The van der Waals surface area contributed by atoms with Gasteiger partial charge in [-0.3, -0.25) is 4.98 Å². The van der Waals surface area contributed by atoms with Crippen LogP contribution in [0.5, 0.6) is 0 Å². The zero-order valence-electron chi connectivity index (χ0n) is 8.15. The molecular weight excluding hydrogens is 193 g/mol. The number of rotatable bonds is 1. The molecule has 0 aliphatic heterocycles. The SMILES string of the molecule is N.Nc1cnccc1-c1ccc(F)cc1. The van der Waals surface area contributed by atoms with Gasteiger partial charge in [0.1, 0.15) is 5.82 Å². The van der Waals surface area contributed by atoms with Crippen LogP contribution < -0.4 is 11.9 Å². The number of nitrogens with two attached hydrogens (primary N) is 1. The first-order valence-electron chi connectivity index (χ1n) is 4.23. The number of pyridine rings is 1. The van der Waals surface area contributed by atoms with Crippen LogP contribution in [0.15, 0.2) is 42.7 Å². The molecule has 0 aliphatic rings. The second-order valence-electron chi connectivity index (χ2n) is 2.97. The Balaban J connectivity index is 0.00000112. The molecule has 0 radical (unpaired) electrons. The lowest BCUT2D eigenvalue weighted by atomic mass is 10.1. The van der Waals surface area contributed by atoms with Gasteiger partial charge in [0.05, 0.1) is 11.9 Å². The molecule has 1 heterocycles. The van der Waals surface area contributed by atoms with E-state index in [0.29, 0.717) is 5.69 Å². The van der Waals surface area contributed by atoms with Gasteiger partial charge in [-0.25, -0.2) is 4.39 Å². The van der Waals surface area contributed by atoms with Crippen molar-refractivity contribution >= 4 is 5.69 Å². The first-order valence-corrected chi connectivity index (χ1v) is 4.23. The molecule has 0 unspecified atom stereocenters. The van der Waals surface area contributed by atoms with Crippen LogP contribution in [0.4, 0.5) is 10.1 Å².